The van der Waals surface area contributed by atoms with Crippen molar-refractivity contribution in [3.05, 3.63) is 11.3 Å². The fourth-order valence-corrected chi connectivity index (χ4v) is 2.83. The Hall–Kier alpha value is -2.23. The molecule has 1 heterocycles. The molecule has 0 aliphatic heterocycles. The summed E-state index contributed by atoms with van der Waals surface area (Å²) in [6, 6.07) is 2.52. The zero-order valence-corrected chi connectivity index (χ0v) is 12.9. The molecule has 0 unspecified atom stereocenters. The second-order valence-corrected chi connectivity index (χ2v) is 5.78. The van der Waals surface area contributed by atoms with Crippen molar-refractivity contribution in [2.75, 3.05) is 12.3 Å². The van der Waals surface area contributed by atoms with Crippen LogP contribution in [-0.2, 0) is 6.42 Å². The first-order valence-corrected chi connectivity index (χ1v) is 8.00. The van der Waals surface area contributed by atoms with Gasteiger partial charge in [-0.05, 0) is 25.7 Å². The highest BCUT2D eigenvalue weighted by Gasteiger charge is 2.12. The third-order valence-electron chi connectivity index (χ3n) is 4.06. The second kappa shape index (κ2) is 8.27. The van der Waals surface area contributed by atoms with Crippen molar-refractivity contribution in [3.63, 3.8) is 0 Å². The first-order chi connectivity index (χ1) is 10.7. The van der Waals surface area contributed by atoms with Gasteiger partial charge in [0, 0.05) is 12.6 Å². The molecule has 2 rings (SSSR count). The van der Waals surface area contributed by atoms with E-state index in [9.17, 15) is 0 Å². The predicted molar refractivity (Wildman–Crippen MR) is 87.2 cm³/mol. The number of guanidine groups is 1. The van der Waals surface area contributed by atoms with Gasteiger partial charge in [0.2, 0.25) is 0 Å². The van der Waals surface area contributed by atoms with E-state index in [2.05, 4.69) is 26.6 Å². The molecular formula is C15H25N7. The van der Waals surface area contributed by atoms with Crippen LogP contribution in [0.1, 0.15) is 56.2 Å². The van der Waals surface area contributed by atoms with Gasteiger partial charge >= 0.3 is 0 Å². The molecule has 1 aromatic rings. The largest absolute Gasteiger partial charge is 0.381 e. The Balaban J connectivity index is 1.73. The van der Waals surface area contributed by atoms with Crippen LogP contribution in [0.5, 0.6) is 0 Å². The third-order valence-corrected chi connectivity index (χ3v) is 4.06. The minimum absolute atomic E-state index is 0.260. The fourth-order valence-electron chi connectivity index (χ4n) is 2.83. The number of aryl methyl sites for hydroxylation is 1. The van der Waals surface area contributed by atoms with Crippen molar-refractivity contribution in [1.29, 1.82) is 5.26 Å². The summed E-state index contributed by atoms with van der Waals surface area (Å²) in [6.45, 7) is 0.620. The number of nitrogens with two attached hydrogens (primary N) is 2. The summed E-state index contributed by atoms with van der Waals surface area (Å²) < 4.78 is 0. The van der Waals surface area contributed by atoms with Gasteiger partial charge in [-0.15, -0.1) is 0 Å². The second-order valence-electron chi connectivity index (χ2n) is 5.78. The first kappa shape index (κ1) is 16.1. The molecule has 7 heteroatoms. The number of hydrogen-bond donors (Lipinski definition) is 4. The minimum Gasteiger partial charge on any atom is -0.381 e. The van der Waals surface area contributed by atoms with Crippen molar-refractivity contribution in [3.8, 4) is 6.07 Å². The number of aromatic amines is 1. The number of nitriles is 1. The molecule has 0 aromatic carbocycles. The lowest BCUT2D eigenvalue weighted by Crippen LogP contribution is -2.39. The van der Waals surface area contributed by atoms with Crippen LogP contribution in [0.4, 0.5) is 5.82 Å². The van der Waals surface area contributed by atoms with Gasteiger partial charge < -0.3 is 16.8 Å². The zero-order chi connectivity index (χ0) is 15.8. The molecule has 1 aliphatic carbocycles. The fraction of sp³-hybridized carbons (Fsp3) is 0.667. The molecule has 120 valence electrons. The molecule has 0 saturated heterocycles. The Kier molecular flexibility index (Phi) is 6.07. The highest BCUT2D eigenvalue weighted by molar-refractivity contribution is 5.78. The third kappa shape index (κ3) is 4.65. The summed E-state index contributed by atoms with van der Waals surface area (Å²) in [6.07, 6.45) is 9.01. The molecule has 0 bridgehead atoms. The van der Waals surface area contributed by atoms with E-state index in [1.807, 2.05) is 0 Å². The van der Waals surface area contributed by atoms with Crippen molar-refractivity contribution in [2.45, 2.75) is 57.4 Å². The molecule has 0 amide bonds. The quantitative estimate of drug-likeness (QED) is 0.283. The predicted octanol–water partition coefficient (Wildman–Crippen LogP) is 1.42. The normalized spacial score (nSPS) is 17.0. The lowest BCUT2D eigenvalue weighted by Gasteiger charge is -2.16. The molecule has 6 N–H and O–H groups in total. The van der Waals surface area contributed by atoms with E-state index in [-0.39, 0.29) is 5.82 Å². The molecule has 1 saturated carbocycles. The Bertz CT molecular complexity index is 533. The lowest BCUT2D eigenvalue weighted by molar-refractivity contribution is 0.530. The maximum Gasteiger partial charge on any atom is 0.188 e. The molecule has 0 spiro atoms. The standard InChI is InChI=1S/C15H25N7/c16-10-12-13(21-22-14(12)17)8-5-9-19-15(18)20-11-6-3-1-2-4-7-11/h11H,1-9H2,(H3,17,21,22)(H3,18,19,20). The van der Waals surface area contributed by atoms with Crippen LogP contribution in [0.2, 0.25) is 0 Å². The van der Waals surface area contributed by atoms with E-state index in [0.29, 0.717) is 30.5 Å². The number of rotatable bonds is 5. The Morgan fingerprint density at radius 2 is 2.09 bits per heavy atom. The number of aliphatic imine (C=N–C) groups is 1. The number of aromatic nitrogens is 2. The molecule has 7 nitrogen and oxygen atoms in total. The number of H-pyrrole nitrogens is 1. The molecule has 0 atom stereocenters. The summed E-state index contributed by atoms with van der Waals surface area (Å²) in [5.74, 6) is 0.784. The van der Waals surface area contributed by atoms with E-state index in [0.717, 1.165) is 12.1 Å². The summed E-state index contributed by atoms with van der Waals surface area (Å²) in [5.41, 5.74) is 12.7. The molecule has 1 aromatic heterocycles. The summed E-state index contributed by atoms with van der Waals surface area (Å²) in [7, 11) is 0. The van der Waals surface area contributed by atoms with Crippen LogP contribution < -0.4 is 16.8 Å². The van der Waals surface area contributed by atoms with Gasteiger partial charge in [0.1, 0.15) is 11.6 Å². The maximum atomic E-state index is 8.99. The SMILES string of the molecule is N#Cc1c(N)n[nH]c1CCCN=C(N)NC1CCCCCC1. The van der Waals surface area contributed by atoms with E-state index in [1.54, 1.807) is 0 Å². The van der Waals surface area contributed by atoms with Crippen molar-refractivity contribution in [2.24, 2.45) is 10.7 Å². The van der Waals surface area contributed by atoms with Gasteiger partial charge in [-0.1, -0.05) is 25.7 Å². The van der Waals surface area contributed by atoms with Crippen LogP contribution in [0.25, 0.3) is 0 Å². The average molecular weight is 303 g/mol. The van der Waals surface area contributed by atoms with E-state index in [4.69, 9.17) is 16.7 Å². The van der Waals surface area contributed by atoms with Gasteiger partial charge in [0.05, 0.1) is 5.69 Å². The van der Waals surface area contributed by atoms with Crippen LogP contribution in [0.15, 0.2) is 4.99 Å². The topological polar surface area (TPSA) is 129 Å². The lowest BCUT2D eigenvalue weighted by atomic mass is 10.1. The average Bonchev–Trinajstić information content (AvgIpc) is 2.70. The van der Waals surface area contributed by atoms with Gasteiger partial charge in [-0.25, -0.2) is 0 Å². The molecule has 1 aliphatic rings. The monoisotopic (exact) mass is 303 g/mol. The Morgan fingerprint density at radius 1 is 1.36 bits per heavy atom. The Labute approximate surface area is 131 Å². The Morgan fingerprint density at radius 3 is 2.77 bits per heavy atom. The number of anilines is 1. The van der Waals surface area contributed by atoms with Crippen molar-refractivity contribution < 1.29 is 0 Å². The molecule has 0 radical (unpaired) electrons. The van der Waals surface area contributed by atoms with Gasteiger partial charge in [-0.3, -0.25) is 10.1 Å². The van der Waals surface area contributed by atoms with Crippen molar-refractivity contribution in [1.82, 2.24) is 15.5 Å². The molecule has 1 fully saturated rings. The summed E-state index contributed by atoms with van der Waals surface area (Å²) in [5, 5.41) is 18.9. The van der Waals surface area contributed by atoms with Gasteiger partial charge in [0.15, 0.2) is 11.8 Å². The molecule has 22 heavy (non-hydrogen) atoms. The smallest absolute Gasteiger partial charge is 0.188 e. The van der Waals surface area contributed by atoms with Gasteiger partial charge in [-0.2, -0.15) is 10.4 Å². The van der Waals surface area contributed by atoms with Crippen molar-refractivity contribution >= 4 is 11.8 Å². The van der Waals surface area contributed by atoms with Crippen LogP contribution in [-0.4, -0.2) is 28.7 Å². The van der Waals surface area contributed by atoms with E-state index < -0.39 is 0 Å². The number of nitrogen functional groups attached to an aromatic ring is 1. The maximum absolute atomic E-state index is 8.99. The highest BCUT2D eigenvalue weighted by Crippen LogP contribution is 2.17. The first-order valence-electron chi connectivity index (χ1n) is 8.00. The highest BCUT2D eigenvalue weighted by atomic mass is 15.2. The molecular weight excluding hydrogens is 278 g/mol. The minimum atomic E-state index is 0.260. The number of hydrogen-bond acceptors (Lipinski definition) is 4. The van der Waals surface area contributed by atoms with Crippen LogP contribution >= 0.6 is 0 Å². The zero-order valence-electron chi connectivity index (χ0n) is 12.9. The van der Waals surface area contributed by atoms with Gasteiger partial charge in [0.25, 0.3) is 0 Å². The summed E-state index contributed by atoms with van der Waals surface area (Å²) >= 11 is 0. The van der Waals surface area contributed by atoms with Crippen LogP contribution in [0.3, 0.4) is 0 Å². The number of nitrogens with zero attached hydrogens (tertiary/aromatic N) is 3. The number of nitrogens with one attached hydrogen (secondary N) is 2. The van der Waals surface area contributed by atoms with Crippen LogP contribution in [0, 0.1) is 11.3 Å². The summed E-state index contributed by atoms with van der Waals surface area (Å²) in [4.78, 5) is 4.36. The van der Waals surface area contributed by atoms with E-state index >= 15 is 0 Å². The van der Waals surface area contributed by atoms with E-state index in [1.165, 1.54) is 38.5 Å².